The predicted molar refractivity (Wildman–Crippen MR) is 131 cm³/mol. The van der Waals surface area contributed by atoms with E-state index in [-0.39, 0.29) is 11.8 Å². The van der Waals surface area contributed by atoms with E-state index in [9.17, 15) is 9.59 Å². The summed E-state index contributed by atoms with van der Waals surface area (Å²) in [7, 11) is 0. The van der Waals surface area contributed by atoms with Crippen molar-refractivity contribution in [2.75, 3.05) is 44.6 Å². The Morgan fingerprint density at radius 3 is 2.81 bits per heavy atom. The molecule has 1 unspecified atom stereocenters. The molecule has 0 saturated carbocycles. The molecule has 0 aromatic heterocycles. The van der Waals surface area contributed by atoms with Gasteiger partial charge in [0.2, 0.25) is 11.8 Å². The molecule has 1 atom stereocenters. The number of amides is 2. The lowest BCUT2D eigenvalue weighted by Crippen LogP contribution is -2.41. The average Bonchev–Trinajstić information content (AvgIpc) is 2.99. The van der Waals surface area contributed by atoms with Crippen LogP contribution in [0.3, 0.4) is 0 Å². The molecule has 2 amide bonds. The highest BCUT2D eigenvalue weighted by Crippen LogP contribution is 2.28. The maximum absolute atomic E-state index is 12.2. The molecular weight excluding hydrogens is 400 g/mol. The molecule has 1 aliphatic carbocycles. The van der Waals surface area contributed by atoms with Crippen molar-refractivity contribution in [2.24, 2.45) is 5.92 Å². The number of fused-ring (bicyclic) bond motifs is 1. The smallest absolute Gasteiger partial charge is 0.226 e. The molecule has 0 bridgehead atoms. The van der Waals surface area contributed by atoms with E-state index >= 15 is 0 Å². The lowest BCUT2D eigenvalue weighted by Gasteiger charge is -2.35. The Bertz CT molecular complexity index is 764. The van der Waals surface area contributed by atoms with Crippen LogP contribution >= 0.6 is 0 Å². The van der Waals surface area contributed by atoms with Gasteiger partial charge in [-0.25, -0.2) is 0 Å². The summed E-state index contributed by atoms with van der Waals surface area (Å²) in [4.78, 5) is 29.0. The number of nitrogens with zero attached hydrogens (tertiary/aromatic N) is 2. The molecule has 1 saturated heterocycles. The lowest BCUT2D eigenvalue weighted by atomic mass is 9.87. The van der Waals surface area contributed by atoms with E-state index in [0.29, 0.717) is 18.4 Å². The van der Waals surface area contributed by atoms with Crippen molar-refractivity contribution in [3.8, 4) is 0 Å². The zero-order valence-corrected chi connectivity index (χ0v) is 20.3. The molecule has 2 aliphatic rings. The van der Waals surface area contributed by atoms with Crippen LogP contribution in [0.25, 0.3) is 0 Å². The Balaban J connectivity index is 1.53. The van der Waals surface area contributed by atoms with Crippen LogP contribution in [-0.4, -0.2) is 66.9 Å². The topological polar surface area (TPSA) is 64.7 Å². The van der Waals surface area contributed by atoms with Crippen LogP contribution in [0.15, 0.2) is 18.2 Å². The van der Waals surface area contributed by atoms with Gasteiger partial charge in [-0.2, -0.15) is 0 Å². The Labute approximate surface area is 194 Å². The highest BCUT2D eigenvalue weighted by molar-refractivity contribution is 5.92. The van der Waals surface area contributed by atoms with E-state index in [0.717, 1.165) is 77.1 Å². The molecular formula is C26H42N4O2. The van der Waals surface area contributed by atoms with Gasteiger partial charge in [0, 0.05) is 50.2 Å². The summed E-state index contributed by atoms with van der Waals surface area (Å²) >= 11 is 0. The zero-order chi connectivity index (χ0) is 22.9. The first-order valence-corrected chi connectivity index (χ1v) is 12.6. The number of nitrogens with one attached hydrogen (secondary N) is 2. The number of carbonyl (C=O) groups excluding carboxylic acids is 2. The van der Waals surface area contributed by atoms with Gasteiger partial charge in [0.15, 0.2) is 0 Å². The van der Waals surface area contributed by atoms with Crippen LogP contribution < -0.4 is 10.6 Å². The van der Waals surface area contributed by atoms with E-state index in [2.05, 4.69) is 34.6 Å². The number of anilines is 1. The number of hydrogen-bond donors (Lipinski definition) is 2. The summed E-state index contributed by atoms with van der Waals surface area (Å²) in [5.41, 5.74) is 3.72. The second-order valence-electron chi connectivity index (χ2n) is 9.65. The van der Waals surface area contributed by atoms with Crippen LogP contribution in [0.4, 0.5) is 5.69 Å². The van der Waals surface area contributed by atoms with Crippen molar-refractivity contribution in [1.82, 2.24) is 15.1 Å². The Morgan fingerprint density at radius 1 is 1.19 bits per heavy atom. The predicted octanol–water partition coefficient (Wildman–Crippen LogP) is 3.45. The standard InChI is InChI=1S/C26H42N4O2/c1-4-14-29(15-5-6-16-30-17-13-27-12-11-25(30)31)24-10-8-21-7-9-23(18-22(21)19-24)28-26(32)20(2)3/h7,9,18,20,24,27H,4-6,8,10-17,19H2,1-3H3,(H,28,32). The number of rotatable bonds is 10. The molecule has 0 radical (unpaired) electrons. The van der Waals surface area contributed by atoms with E-state index in [1.807, 2.05) is 24.8 Å². The van der Waals surface area contributed by atoms with Gasteiger partial charge >= 0.3 is 0 Å². The highest BCUT2D eigenvalue weighted by Gasteiger charge is 2.24. The molecule has 3 rings (SSSR count). The van der Waals surface area contributed by atoms with E-state index in [4.69, 9.17) is 0 Å². The highest BCUT2D eigenvalue weighted by atomic mass is 16.2. The van der Waals surface area contributed by atoms with Crippen molar-refractivity contribution >= 4 is 17.5 Å². The van der Waals surface area contributed by atoms with E-state index in [1.165, 1.54) is 17.5 Å². The Morgan fingerprint density at radius 2 is 2.03 bits per heavy atom. The van der Waals surface area contributed by atoms with Crippen molar-refractivity contribution in [2.45, 2.75) is 71.8 Å². The maximum Gasteiger partial charge on any atom is 0.226 e. The summed E-state index contributed by atoms with van der Waals surface area (Å²) < 4.78 is 0. The number of aryl methyl sites for hydroxylation is 1. The first-order valence-electron chi connectivity index (χ1n) is 12.6. The van der Waals surface area contributed by atoms with Crippen molar-refractivity contribution in [1.29, 1.82) is 0 Å². The van der Waals surface area contributed by atoms with Gasteiger partial charge in [0.1, 0.15) is 0 Å². The molecule has 1 aliphatic heterocycles. The molecule has 6 nitrogen and oxygen atoms in total. The number of carbonyl (C=O) groups is 2. The number of unbranched alkanes of at least 4 members (excludes halogenated alkanes) is 1. The Hall–Kier alpha value is -1.92. The first kappa shape index (κ1) is 24.7. The zero-order valence-electron chi connectivity index (χ0n) is 20.3. The normalized spacial score (nSPS) is 19.2. The number of hydrogen-bond acceptors (Lipinski definition) is 4. The largest absolute Gasteiger partial charge is 0.341 e. The van der Waals surface area contributed by atoms with E-state index in [1.54, 1.807) is 0 Å². The molecule has 178 valence electrons. The maximum atomic E-state index is 12.2. The van der Waals surface area contributed by atoms with Crippen molar-refractivity contribution in [3.63, 3.8) is 0 Å². The average molecular weight is 443 g/mol. The van der Waals surface area contributed by atoms with Gasteiger partial charge in [-0.3, -0.25) is 9.59 Å². The molecule has 0 spiro atoms. The summed E-state index contributed by atoms with van der Waals surface area (Å²) in [6.07, 6.45) is 7.34. The molecule has 1 heterocycles. The summed E-state index contributed by atoms with van der Waals surface area (Å²) in [5, 5.41) is 6.36. The molecule has 32 heavy (non-hydrogen) atoms. The van der Waals surface area contributed by atoms with Gasteiger partial charge in [-0.1, -0.05) is 26.8 Å². The molecule has 1 fully saturated rings. The summed E-state index contributed by atoms with van der Waals surface area (Å²) in [5.74, 6) is 0.355. The third-order valence-corrected chi connectivity index (χ3v) is 6.78. The third kappa shape index (κ3) is 7.04. The third-order valence-electron chi connectivity index (χ3n) is 6.78. The van der Waals surface area contributed by atoms with Crippen LogP contribution in [0, 0.1) is 5.92 Å². The van der Waals surface area contributed by atoms with Crippen molar-refractivity contribution < 1.29 is 9.59 Å². The monoisotopic (exact) mass is 442 g/mol. The lowest BCUT2D eigenvalue weighted by molar-refractivity contribution is -0.130. The molecule has 1 aromatic rings. The Kier molecular flexibility index (Phi) is 9.54. The second kappa shape index (κ2) is 12.4. The van der Waals surface area contributed by atoms with Crippen LogP contribution in [0.1, 0.15) is 64.0 Å². The molecule has 1 aromatic carbocycles. The number of benzene rings is 1. The SMILES string of the molecule is CCCN(CCCCN1CCNCCC1=O)C1CCc2ccc(NC(=O)C(C)C)cc2C1. The van der Waals surface area contributed by atoms with Crippen molar-refractivity contribution in [3.05, 3.63) is 29.3 Å². The molecule has 6 heteroatoms. The van der Waals surface area contributed by atoms with Crippen LogP contribution in [-0.2, 0) is 22.4 Å². The second-order valence-corrected chi connectivity index (χ2v) is 9.65. The minimum atomic E-state index is -0.0142. The minimum Gasteiger partial charge on any atom is -0.341 e. The van der Waals surface area contributed by atoms with Gasteiger partial charge in [0.05, 0.1) is 0 Å². The quantitative estimate of drug-likeness (QED) is 0.545. The summed E-state index contributed by atoms with van der Waals surface area (Å²) in [6, 6.07) is 6.98. The van der Waals surface area contributed by atoms with Gasteiger partial charge in [-0.15, -0.1) is 0 Å². The van der Waals surface area contributed by atoms with Gasteiger partial charge < -0.3 is 20.4 Å². The van der Waals surface area contributed by atoms with Crippen LogP contribution in [0.2, 0.25) is 0 Å². The fourth-order valence-corrected chi connectivity index (χ4v) is 4.85. The van der Waals surface area contributed by atoms with Gasteiger partial charge in [-0.05, 0) is 74.9 Å². The fourth-order valence-electron chi connectivity index (χ4n) is 4.85. The summed E-state index contributed by atoms with van der Waals surface area (Å²) in [6.45, 7) is 11.8. The van der Waals surface area contributed by atoms with E-state index < -0.39 is 0 Å². The fraction of sp³-hybridized carbons (Fsp3) is 0.692. The minimum absolute atomic E-state index is 0.0142. The molecule has 2 N–H and O–H groups in total. The van der Waals surface area contributed by atoms with Gasteiger partial charge in [0.25, 0.3) is 0 Å². The first-order chi connectivity index (χ1) is 15.5. The van der Waals surface area contributed by atoms with Crippen LogP contribution in [0.5, 0.6) is 0 Å².